The summed E-state index contributed by atoms with van der Waals surface area (Å²) in [7, 11) is 1.75. The highest BCUT2D eigenvalue weighted by Gasteiger charge is 2.50. The third kappa shape index (κ3) is 2.34. The van der Waals surface area contributed by atoms with Crippen LogP contribution in [0.25, 0.3) is 0 Å². The Morgan fingerprint density at radius 1 is 1.05 bits per heavy atom. The second-order valence-electron chi connectivity index (χ2n) is 7.63. The molecule has 21 heavy (non-hydrogen) atoms. The lowest BCUT2D eigenvalue weighted by Crippen LogP contribution is -2.46. The zero-order chi connectivity index (χ0) is 14.6. The molecule has 0 amide bonds. The lowest BCUT2D eigenvalue weighted by Gasteiger charge is -2.56. The number of hydrogen-bond acceptors (Lipinski definition) is 1. The Balaban J connectivity index is 1.61. The van der Waals surface area contributed by atoms with Gasteiger partial charge in [-0.3, -0.25) is 0 Å². The van der Waals surface area contributed by atoms with Crippen molar-refractivity contribution in [2.75, 3.05) is 7.11 Å². The van der Waals surface area contributed by atoms with Crippen LogP contribution in [0, 0.1) is 36.5 Å². The van der Waals surface area contributed by atoms with Crippen molar-refractivity contribution < 1.29 is 4.74 Å². The molecule has 1 aromatic carbocycles. The topological polar surface area (TPSA) is 9.23 Å². The maximum absolute atomic E-state index is 5.35. The van der Waals surface area contributed by atoms with Crippen molar-refractivity contribution in [3.63, 3.8) is 0 Å². The van der Waals surface area contributed by atoms with Crippen molar-refractivity contribution in [1.29, 1.82) is 0 Å². The van der Waals surface area contributed by atoms with Gasteiger partial charge in [0, 0.05) is 4.83 Å². The van der Waals surface area contributed by atoms with Gasteiger partial charge >= 0.3 is 0 Å². The number of halogens is 1. The molecule has 4 aliphatic rings. The quantitative estimate of drug-likeness (QED) is 0.654. The van der Waals surface area contributed by atoms with Crippen molar-refractivity contribution >= 4 is 15.9 Å². The summed E-state index contributed by atoms with van der Waals surface area (Å²) >= 11 is 4.09. The molecular formula is C19H25BrO. The highest BCUT2D eigenvalue weighted by atomic mass is 79.9. The molecule has 0 spiro atoms. The van der Waals surface area contributed by atoms with Gasteiger partial charge < -0.3 is 4.74 Å². The van der Waals surface area contributed by atoms with E-state index >= 15 is 0 Å². The molecule has 0 radical (unpaired) electrons. The average Bonchev–Trinajstić information content (AvgIpc) is 2.45. The van der Waals surface area contributed by atoms with Gasteiger partial charge in [0.25, 0.3) is 0 Å². The number of hydrogen-bond donors (Lipinski definition) is 0. The van der Waals surface area contributed by atoms with Crippen molar-refractivity contribution in [2.45, 2.75) is 43.9 Å². The SMILES string of the molecule is COc1ccc(C(Br)C2C3CC4CC(C3)CC2C4)c(C)c1. The molecular weight excluding hydrogens is 324 g/mol. The first-order chi connectivity index (χ1) is 10.2. The molecule has 0 aromatic heterocycles. The van der Waals surface area contributed by atoms with Crippen LogP contribution in [0.2, 0.25) is 0 Å². The van der Waals surface area contributed by atoms with Crippen LogP contribution in [0.3, 0.4) is 0 Å². The van der Waals surface area contributed by atoms with Crippen LogP contribution >= 0.6 is 15.9 Å². The van der Waals surface area contributed by atoms with Crippen LogP contribution < -0.4 is 4.74 Å². The largest absolute Gasteiger partial charge is 0.497 e. The predicted molar refractivity (Wildman–Crippen MR) is 89.9 cm³/mol. The summed E-state index contributed by atoms with van der Waals surface area (Å²) in [4.78, 5) is 0.526. The van der Waals surface area contributed by atoms with Crippen LogP contribution in [0.1, 0.15) is 48.1 Å². The van der Waals surface area contributed by atoms with E-state index in [1.165, 1.54) is 43.2 Å². The van der Waals surface area contributed by atoms with Crippen LogP contribution in [-0.2, 0) is 0 Å². The highest BCUT2D eigenvalue weighted by Crippen LogP contribution is 2.61. The first-order valence-corrected chi connectivity index (χ1v) is 9.36. The van der Waals surface area contributed by atoms with Gasteiger partial charge in [-0.05, 0) is 91.9 Å². The Bertz CT molecular complexity index is 510. The number of methoxy groups -OCH3 is 1. The fourth-order valence-electron chi connectivity index (χ4n) is 5.74. The lowest BCUT2D eigenvalue weighted by atomic mass is 9.51. The van der Waals surface area contributed by atoms with E-state index in [1.54, 1.807) is 7.11 Å². The number of aryl methyl sites for hydroxylation is 1. The van der Waals surface area contributed by atoms with Gasteiger partial charge in [-0.15, -0.1) is 0 Å². The van der Waals surface area contributed by atoms with Crippen LogP contribution in [0.5, 0.6) is 5.75 Å². The summed E-state index contributed by atoms with van der Waals surface area (Å²) in [6.45, 7) is 2.22. The maximum Gasteiger partial charge on any atom is 0.119 e. The van der Waals surface area contributed by atoms with E-state index in [1.807, 2.05) is 0 Å². The normalized spacial score (nSPS) is 38.5. The third-order valence-corrected chi connectivity index (χ3v) is 7.52. The second-order valence-corrected chi connectivity index (χ2v) is 8.62. The summed E-state index contributed by atoms with van der Waals surface area (Å²) in [5.41, 5.74) is 2.85. The minimum atomic E-state index is 0.526. The van der Waals surface area contributed by atoms with E-state index in [-0.39, 0.29) is 0 Å². The van der Waals surface area contributed by atoms with Crippen LogP contribution in [-0.4, -0.2) is 7.11 Å². The van der Waals surface area contributed by atoms with E-state index in [9.17, 15) is 0 Å². The molecule has 5 rings (SSSR count). The molecule has 4 aliphatic carbocycles. The highest BCUT2D eigenvalue weighted by molar-refractivity contribution is 9.09. The van der Waals surface area contributed by atoms with Gasteiger partial charge in [0.1, 0.15) is 5.75 Å². The number of alkyl halides is 1. The molecule has 2 heteroatoms. The fourth-order valence-corrected chi connectivity index (χ4v) is 7.11. The summed E-state index contributed by atoms with van der Waals surface area (Å²) in [5, 5.41) is 0. The van der Waals surface area contributed by atoms with E-state index in [0.717, 1.165) is 35.3 Å². The predicted octanol–water partition coefficient (Wildman–Crippen LogP) is 5.51. The van der Waals surface area contributed by atoms with E-state index in [0.29, 0.717) is 4.83 Å². The molecule has 114 valence electrons. The summed E-state index contributed by atoms with van der Waals surface area (Å²) in [6, 6.07) is 6.57. The smallest absolute Gasteiger partial charge is 0.119 e. The Morgan fingerprint density at radius 3 is 2.19 bits per heavy atom. The van der Waals surface area contributed by atoms with Gasteiger partial charge in [0.15, 0.2) is 0 Å². The molecule has 0 saturated heterocycles. The molecule has 1 unspecified atom stereocenters. The Hall–Kier alpha value is -0.500. The van der Waals surface area contributed by atoms with Gasteiger partial charge in [-0.1, -0.05) is 22.0 Å². The molecule has 4 fully saturated rings. The van der Waals surface area contributed by atoms with Crippen molar-refractivity contribution in [1.82, 2.24) is 0 Å². The number of ether oxygens (including phenoxy) is 1. The fraction of sp³-hybridized carbons (Fsp3) is 0.684. The molecule has 1 atom stereocenters. The second kappa shape index (κ2) is 5.30. The molecule has 1 nitrogen and oxygen atoms in total. The van der Waals surface area contributed by atoms with Gasteiger partial charge in [-0.2, -0.15) is 0 Å². The van der Waals surface area contributed by atoms with Gasteiger partial charge in [0.2, 0.25) is 0 Å². The molecule has 0 N–H and O–H groups in total. The zero-order valence-corrected chi connectivity index (χ0v) is 14.6. The maximum atomic E-state index is 5.35. The molecule has 0 heterocycles. The Kier molecular flexibility index (Phi) is 3.56. The summed E-state index contributed by atoms with van der Waals surface area (Å²) < 4.78 is 5.35. The summed E-state index contributed by atoms with van der Waals surface area (Å²) in [6.07, 6.45) is 7.52. The van der Waals surface area contributed by atoms with Crippen LogP contribution in [0.4, 0.5) is 0 Å². The van der Waals surface area contributed by atoms with Crippen molar-refractivity contribution in [3.8, 4) is 5.75 Å². The lowest BCUT2D eigenvalue weighted by molar-refractivity contribution is -0.0365. The minimum Gasteiger partial charge on any atom is -0.497 e. The molecule has 4 saturated carbocycles. The monoisotopic (exact) mass is 348 g/mol. The average molecular weight is 349 g/mol. The van der Waals surface area contributed by atoms with E-state index in [4.69, 9.17) is 4.74 Å². The standard InChI is InChI=1S/C19H25BrO/c1-11-5-16(21-2)3-4-17(11)19(20)18-14-7-12-6-13(9-14)10-15(18)8-12/h3-5,12-15,18-19H,6-10H2,1-2H3. The third-order valence-electron chi connectivity index (χ3n) is 6.41. The Morgan fingerprint density at radius 2 is 1.67 bits per heavy atom. The van der Waals surface area contributed by atoms with E-state index < -0.39 is 0 Å². The zero-order valence-electron chi connectivity index (χ0n) is 13.0. The van der Waals surface area contributed by atoms with Crippen molar-refractivity contribution in [2.24, 2.45) is 29.6 Å². The van der Waals surface area contributed by atoms with Gasteiger partial charge in [-0.25, -0.2) is 0 Å². The Labute approximate surface area is 136 Å². The van der Waals surface area contributed by atoms with Gasteiger partial charge in [0.05, 0.1) is 7.11 Å². The number of rotatable bonds is 3. The molecule has 1 aromatic rings. The van der Waals surface area contributed by atoms with Crippen LogP contribution in [0.15, 0.2) is 18.2 Å². The molecule has 0 aliphatic heterocycles. The first kappa shape index (κ1) is 14.1. The summed E-state index contributed by atoms with van der Waals surface area (Å²) in [5.74, 6) is 5.87. The molecule has 4 bridgehead atoms. The van der Waals surface area contributed by atoms with E-state index in [2.05, 4.69) is 41.1 Å². The first-order valence-electron chi connectivity index (χ1n) is 8.44. The van der Waals surface area contributed by atoms with Crippen molar-refractivity contribution in [3.05, 3.63) is 29.3 Å². The minimum absolute atomic E-state index is 0.526. The number of benzene rings is 1.